The molecular weight excluding hydrogens is 369 g/mol. The number of aryl methyl sites for hydroxylation is 1. The Morgan fingerprint density at radius 1 is 1.24 bits per heavy atom. The first-order chi connectivity index (χ1) is 14.2. The minimum absolute atomic E-state index is 0.108. The summed E-state index contributed by atoms with van der Waals surface area (Å²) in [6.07, 6.45) is 4.87. The molecule has 3 rings (SSSR count). The molecule has 0 aliphatic carbocycles. The lowest BCUT2D eigenvalue weighted by molar-refractivity contribution is 0.176. The summed E-state index contributed by atoms with van der Waals surface area (Å²) < 4.78 is 15.9. The molecular formula is C21H32FN7. The number of hydrogen-bond donors (Lipinski definition) is 2. The molecule has 1 aromatic carbocycles. The maximum atomic E-state index is 13.8. The largest absolute Gasteiger partial charge is 0.356 e. The van der Waals surface area contributed by atoms with Gasteiger partial charge in [-0.1, -0.05) is 25.1 Å². The van der Waals surface area contributed by atoms with Crippen molar-refractivity contribution in [2.24, 2.45) is 10.9 Å². The number of piperidine rings is 1. The standard InChI is InChI=1S/C21H32FN7/c1-3-20-27-26-16-29(20)13-10-24-21(23-2)25-14-17-8-11-28(12-9-17)15-18-6-4-5-7-19(18)22/h4-7,16-17H,3,8-15H2,1-2H3,(H2,23,24,25). The van der Waals surface area contributed by atoms with E-state index >= 15 is 0 Å². The van der Waals surface area contributed by atoms with Crippen LogP contribution in [0.2, 0.25) is 0 Å². The summed E-state index contributed by atoms with van der Waals surface area (Å²) in [4.78, 5) is 6.66. The minimum atomic E-state index is -0.108. The van der Waals surface area contributed by atoms with Crippen LogP contribution in [-0.2, 0) is 19.5 Å². The quantitative estimate of drug-likeness (QED) is 0.523. The number of hydrogen-bond acceptors (Lipinski definition) is 4. The first kappa shape index (κ1) is 21.2. The van der Waals surface area contributed by atoms with Gasteiger partial charge in [-0.3, -0.25) is 9.89 Å². The number of halogens is 1. The molecule has 7 nitrogen and oxygen atoms in total. The van der Waals surface area contributed by atoms with Crippen molar-refractivity contribution in [1.82, 2.24) is 30.3 Å². The van der Waals surface area contributed by atoms with Crippen molar-refractivity contribution in [3.05, 3.63) is 47.8 Å². The molecule has 0 radical (unpaired) electrons. The highest BCUT2D eigenvalue weighted by molar-refractivity contribution is 5.79. The highest BCUT2D eigenvalue weighted by Crippen LogP contribution is 2.19. The number of likely N-dealkylation sites (tertiary alicyclic amines) is 1. The Hall–Kier alpha value is -2.48. The topological polar surface area (TPSA) is 70.4 Å². The van der Waals surface area contributed by atoms with Crippen LogP contribution in [-0.4, -0.2) is 58.9 Å². The molecule has 1 aliphatic heterocycles. The van der Waals surface area contributed by atoms with Gasteiger partial charge in [-0.25, -0.2) is 4.39 Å². The van der Waals surface area contributed by atoms with Crippen LogP contribution in [0.25, 0.3) is 0 Å². The number of nitrogens with zero attached hydrogens (tertiary/aromatic N) is 5. The summed E-state index contributed by atoms with van der Waals surface area (Å²) in [7, 11) is 1.79. The zero-order valence-corrected chi connectivity index (χ0v) is 17.4. The van der Waals surface area contributed by atoms with E-state index in [1.165, 1.54) is 6.07 Å². The van der Waals surface area contributed by atoms with Gasteiger partial charge in [-0.05, 0) is 37.9 Å². The molecule has 158 valence electrons. The molecule has 0 amide bonds. The smallest absolute Gasteiger partial charge is 0.191 e. The molecule has 29 heavy (non-hydrogen) atoms. The Labute approximate surface area is 172 Å². The number of aromatic nitrogens is 3. The lowest BCUT2D eigenvalue weighted by Gasteiger charge is -2.32. The van der Waals surface area contributed by atoms with E-state index in [-0.39, 0.29) is 5.82 Å². The van der Waals surface area contributed by atoms with Crippen LogP contribution in [0, 0.1) is 11.7 Å². The van der Waals surface area contributed by atoms with Crippen molar-refractivity contribution in [1.29, 1.82) is 0 Å². The van der Waals surface area contributed by atoms with Gasteiger partial charge in [-0.15, -0.1) is 10.2 Å². The highest BCUT2D eigenvalue weighted by atomic mass is 19.1. The van der Waals surface area contributed by atoms with Crippen LogP contribution in [0.15, 0.2) is 35.6 Å². The number of benzene rings is 1. The Bertz CT molecular complexity index is 781. The van der Waals surface area contributed by atoms with Crippen molar-refractivity contribution in [2.75, 3.05) is 33.2 Å². The van der Waals surface area contributed by atoms with Gasteiger partial charge >= 0.3 is 0 Å². The predicted octanol–water partition coefficient (Wildman–Crippen LogP) is 2.06. The van der Waals surface area contributed by atoms with Gasteiger partial charge in [0.25, 0.3) is 0 Å². The fourth-order valence-electron chi connectivity index (χ4n) is 3.71. The van der Waals surface area contributed by atoms with E-state index in [2.05, 4.69) is 42.2 Å². The first-order valence-electron chi connectivity index (χ1n) is 10.5. The van der Waals surface area contributed by atoms with E-state index in [9.17, 15) is 4.39 Å². The molecule has 2 N–H and O–H groups in total. The van der Waals surface area contributed by atoms with Gasteiger partial charge in [0.1, 0.15) is 18.0 Å². The molecule has 8 heteroatoms. The van der Waals surface area contributed by atoms with E-state index in [1.54, 1.807) is 19.4 Å². The summed E-state index contributed by atoms with van der Waals surface area (Å²) in [6.45, 7) is 7.26. The molecule has 1 aliphatic rings. The van der Waals surface area contributed by atoms with Crippen molar-refractivity contribution in [2.45, 2.75) is 39.3 Å². The van der Waals surface area contributed by atoms with Gasteiger partial charge in [-0.2, -0.15) is 0 Å². The maximum Gasteiger partial charge on any atom is 0.191 e. The van der Waals surface area contributed by atoms with Crippen LogP contribution in [0.4, 0.5) is 4.39 Å². The molecule has 0 saturated carbocycles. The molecule has 2 aromatic rings. The van der Waals surface area contributed by atoms with E-state index in [4.69, 9.17) is 0 Å². The molecule has 0 spiro atoms. The molecule has 1 fully saturated rings. The molecule has 0 bridgehead atoms. The molecule has 1 saturated heterocycles. The van der Waals surface area contributed by atoms with Crippen LogP contribution in [0.3, 0.4) is 0 Å². The van der Waals surface area contributed by atoms with Crippen molar-refractivity contribution in [3.8, 4) is 0 Å². The average Bonchev–Trinajstić information content (AvgIpc) is 3.21. The summed E-state index contributed by atoms with van der Waals surface area (Å²) in [6, 6.07) is 7.06. The monoisotopic (exact) mass is 401 g/mol. The SMILES string of the molecule is CCc1nncn1CCNC(=NC)NCC1CCN(Cc2ccccc2F)CC1. The van der Waals surface area contributed by atoms with Gasteiger partial charge in [0, 0.05) is 45.2 Å². The van der Waals surface area contributed by atoms with E-state index < -0.39 is 0 Å². The van der Waals surface area contributed by atoms with Gasteiger partial charge in [0.15, 0.2) is 5.96 Å². The number of rotatable bonds is 8. The van der Waals surface area contributed by atoms with Crippen LogP contribution >= 0.6 is 0 Å². The Kier molecular flexibility index (Phi) is 7.98. The maximum absolute atomic E-state index is 13.8. The third kappa shape index (κ3) is 6.25. The summed E-state index contributed by atoms with van der Waals surface area (Å²) in [5.74, 6) is 2.32. The zero-order valence-electron chi connectivity index (χ0n) is 17.4. The molecule has 0 unspecified atom stereocenters. The third-order valence-electron chi connectivity index (χ3n) is 5.50. The number of guanidine groups is 1. The van der Waals surface area contributed by atoms with Crippen LogP contribution in [0.5, 0.6) is 0 Å². The van der Waals surface area contributed by atoms with Crippen molar-refractivity contribution in [3.63, 3.8) is 0 Å². The van der Waals surface area contributed by atoms with E-state index in [0.717, 1.165) is 69.3 Å². The first-order valence-corrected chi connectivity index (χ1v) is 10.5. The summed E-state index contributed by atoms with van der Waals surface area (Å²) in [5.41, 5.74) is 0.785. The lowest BCUT2D eigenvalue weighted by atomic mass is 9.96. The van der Waals surface area contributed by atoms with Gasteiger partial charge < -0.3 is 15.2 Å². The third-order valence-corrected chi connectivity index (χ3v) is 5.50. The second-order valence-corrected chi connectivity index (χ2v) is 7.48. The predicted molar refractivity (Wildman–Crippen MR) is 113 cm³/mol. The minimum Gasteiger partial charge on any atom is -0.356 e. The zero-order chi connectivity index (χ0) is 20.5. The summed E-state index contributed by atoms with van der Waals surface area (Å²) in [5, 5.41) is 14.9. The van der Waals surface area contributed by atoms with Crippen molar-refractivity contribution >= 4 is 5.96 Å². The average molecular weight is 402 g/mol. The number of nitrogens with one attached hydrogen (secondary N) is 2. The Morgan fingerprint density at radius 2 is 2.03 bits per heavy atom. The molecule has 1 aromatic heterocycles. The number of aliphatic imine (C=N–C) groups is 1. The van der Waals surface area contributed by atoms with E-state index in [1.807, 2.05) is 12.1 Å². The second kappa shape index (κ2) is 10.9. The molecule has 0 atom stereocenters. The fourth-order valence-corrected chi connectivity index (χ4v) is 3.71. The fraction of sp³-hybridized carbons (Fsp3) is 0.571. The molecule has 2 heterocycles. The Morgan fingerprint density at radius 3 is 2.76 bits per heavy atom. The van der Waals surface area contributed by atoms with Crippen LogP contribution in [0.1, 0.15) is 31.2 Å². The van der Waals surface area contributed by atoms with E-state index in [0.29, 0.717) is 12.5 Å². The van der Waals surface area contributed by atoms with Crippen LogP contribution < -0.4 is 10.6 Å². The second-order valence-electron chi connectivity index (χ2n) is 7.48. The van der Waals surface area contributed by atoms with Crippen molar-refractivity contribution < 1.29 is 4.39 Å². The Balaban J connectivity index is 1.35. The lowest BCUT2D eigenvalue weighted by Crippen LogP contribution is -2.43. The van der Waals surface area contributed by atoms with Gasteiger partial charge in [0.2, 0.25) is 0 Å². The highest BCUT2D eigenvalue weighted by Gasteiger charge is 2.20. The van der Waals surface area contributed by atoms with Gasteiger partial charge in [0.05, 0.1) is 0 Å². The normalized spacial score (nSPS) is 16.2. The summed E-state index contributed by atoms with van der Waals surface area (Å²) >= 11 is 0.